The van der Waals surface area contributed by atoms with Gasteiger partial charge in [0.25, 0.3) is 0 Å². The van der Waals surface area contributed by atoms with E-state index in [9.17, 15) is 9.59 Å². The fourth-order valence-corrected chi connectivity index (χ4v) is 3.42. The highest BCUT2D eigenvalue weighted by Crippen LogP contribution is 2.25. The molecule has 1 heterocycles. The normalized spacial score (nSPS) is 17.0. The highest BCUT2D eigenvalue weighted by Gasteiger charge is 2.30. The van der Waals surface area contributed by atoms with E-state index in [1.54, 1.807) is 4.90 Å². The van der Waals surface area contributed by atoms with Gasteiger partial charge < -0.3 is 9.64 Å². The predicted octanol–water partition coefficient (Wildman–Crippen LogP) is 3.69. The topological polar surface area (TPSA) is 46.6 Å². The average molecular weight is 351 g/mol. The molecule has 1 fully saturated rings. The van der Waals surface area contributed by atoms with Crippen LogP contribution in [0.2, 0.25) is 0 Å². The van der Waals surface area contributed by atoms with Gasteiger partial charge in [-0.25, -0.2) is 0 Å². The lowest BCUT2D eigenvalue weighted by Crippen LogP contribution is -2.44. The highest BCUT2D eigenvalue weighted by atomic mass is 16.5. The molecule has 0 aromatic heterocycles. The molecule has 0 radical (unpaired) electrons. The van der Waals surface area contributed by atoms with E-state index in [0.717, 1.165) is 29.5 Å². The van der Waals surface area contributed by atoms with Gasteiger partial charge in [0.15, 0.2) is 0 Å². The number of hydrogen-bond acceptors (Lipinski definition) is 3. The van der Waals surface area contributed by atoms with Gasteiger partial charge in [-0.05, 0) is 43.4 Å². The van der Waals surface area contributed by atoms with E-state index in [2.05, 4.69) is 0 Å². The van der Waals surface area contributed by atoms with Gasteiger partial charge in [-0.2, -0.15) is 0 Å². The van der Waals surface area contributed by atoms with Crippen molar-refractivity contribution < 1.29 is 14.3 Å². The Morgan fingerprint density at radius 1 is 1.04 bits per heavy atom. The minimum Gasteiger partial charge on any atom is -0.426 e. The monoisotopic (exact) mass is 351 g/mol. The zero-order chi connectivity index (χ0) is 18.5. The third-order valence-corrected chi connectivity index (χ3v) is 4.92. The van der Waals surface area contributed by atoms with Gasteiger partial charge in [-0.1, -0.05) is 48.5 Å². The maximum absolute atomic E-state index is 12.6. The summed E-state index contributed by atoms with van der Waals surface area (Å²) in [5.74, 6) is 0.216. The standard InChI is InChI=1S/C22H25NO3/c1-16-8-6-9-17(2)21(16)26-22(25)19-12-7-13-23(15-19)20(24)14-18-10-4-3-5-11-18/h3-6,8-11,19H,7,12-15H2,1-2H3. The molecule has 0 bridgehead atoms. The third kappa shape index (κ3) is 4.31. The quantitative estimate of drug-likeness (QED) is 0.623. The first-order valence-electron chi connectivity index (χ1n) is 9.14. The number of rotatable bonds is 4. The molecule has 2 aromatic carbocycles. The first-order chi connectivity index (χ1) is 12.5. The number of hydrogen-bond donors (Lipinski definition) is 0. The van der Waals surface area contributed by atoms with Crippen LogP contribution in [0.3, 0.4) is 0 Å². The van der Waals surface area contributed by atoms with Crippen molar-refractivity contribution >= 4 is 11.9 Å². The number of likely N-dealkylation sites (tertiary alicyclic amines) is 1. The number of carbonyl (C=O) groups excluding carboxylic acids is 2. The van der Waals surface area contributed by atoms with E-state index >= 15 is 0 Å². The van der Waals surface area contributed by atoms with Crippen molar-refractivity contribution in [2.24, 2.45) is 5.92 Å². The summed E-state index contributed by atoms with van der Waals surface area (Å²) in [6, 6.07) is 15.5. The van der Waals surface area contributed by atoms with Gasteiger partial charge in [0.05, 0.1) is 12.3 Å². The van der Waals surface area contributed by atoms with E-state index in [-0.39, 0.29) is 17.8 Å². The van der Waals surface area contributed by atoms with Crippen LogP contribution >= 0.6 is 0 Å². The molecule has 0 N–H and O–H groups in total. The first-order valence-corrected chi connectivity index (χ1v) is 9.14. The fourth-order valence-electron chi connectivity index (χ4n) is 3.42. The van der Waals surface area contributed by atoms with Crippen LogP contribution in [-0.4, -0.2) is 29.9 Å². The predicted molar refractivity (Wildman–Crippen MR) is 101 cm³/mol. The second-order valence-corrected chi connectivity index (χ2v) is 6.98. The molecule has 0 aliphatic carbocycles. The molecular formula is C22H25NO3. The Bertz CT molecular complexity index is 765. The minimum atomic E-state index is -0.262. The van der Waals surface area contributed by atoms with Crippen molar-refractivity contribution in [2.45, 2.75) is 33.1 Å². The summed E-state index contributed by atoms with van der Waals surface area (Å²) < 4.78 is 5.68. The lowest BCUT2D eigenvalue weighted by Gasteiger charge is -2.31. The van der Waals surface area contributed by atoms with E-state index in [1.165, 1.54) is 0 Å². The number of esters is 1. The molecule has 4 heteroatoms. The summed E-state index contributed by atoms with van der Waals surface area (Å²) in [6.45, 7) is 5.02. The lowest BCUT2D eigenvalue weighted by molar-refractivity contribution is -0.143. The third-order valence-electron chi connectivity index (χ3n) is 4.92. The number of para-hydroxylation sites is 1. The van der Waals surface area contributed by atoms with Crippen LogP contribution in [0.25, 0.3) is 0 Å². The van der Waals surface area contributed by atoms with Crippen molar-refractivity contribution in [3.63, 3.8) is 0 Å². The summed E-state index contributed by atoms with van der Waals surface area (Å²) in [4.78, 5) is 27.0. The number of amides is 1. The Morgan fingerprint density at radius 3 is 2.42 bits per heavy atom. The van der Waals surface area contributed by atoms with Crippen molar-refractivity contribution in [1.29, 1.82) is 0 Å². The molecule has 1 atom stereocenters. The Labute approximate surface area is 154 Å². The Balaban J connectivity index is 1.62. The van der Waals surface area contributed by atoms with Crippen molar-refractivity contribution in [3.05, 3.63) is 65.2 Å². The summed E-state index contributed by atoms with van der Waals surface area (Å²) >= 11 is 0. The van der Waals surface area contributed by atoms with Gasteiger partial charge in [-0.15, -0.1) is 0 Å². The largest absolute Gasteiger partial charge is 0.426 e. The smallest absolute Gasteiger partial charge is 0.316 e. The molecular weight excluding hydrogens is 326 g/mol. The summed E-state index contributed by atoms with van der Waals surface area (Å²) in [7, 11) is 0. The number of aryl methyl sites for hydroxylation is 2. The number of piperidine rings is 1. The molecule has 1 unspecified atom stereocenters. The molecule has 1 saturated heterocycles. The zero-order valence-electron chi connectivity index (χ0n) is 15.4. The minimum absolute atomic E-state index is 0.0702. The van der Waals surface area contributed by atoms with Crippen molar-refractivity contribution in [2.75, 3.05) is 13.1 Å². The van der Waals surface area contributed by atoms with Gasteiger partial charge in [0, 0.05) is 13.1 Å². The van der Waals surface area contributed by atoms with Crippen LogP contribution in [0, 0.1) is 19.8 Å². The van der Waals surface area contributed by atoms with Gasteiger partial charge in [-0.3, -0.25) is 9.59 Å². The number of carbonyl (C=O) groups is 2. The molecule has 136 valence electrons. The lowest BCUT2D eigenvalue weighted by atomic mass is 9.97. The van der Waals surface area contributed by atoms with Crippen molar-refractivity contribution in [1.82, 2.24) is 4.90 Å². The first kappa shape index (κ1) is 18.2. The Hall–Kier alpha value is -2.62. The molecule has 1 aliphatic heterocycles. The second-order valence-electron chi connectivity index (χ2n) is 6.98. The molecule has 1 amide bonds. The SMILES string of the molecule is Cc1cccc(C)c1OC(=O)C1CCCN(C(=O)Cc2ccccc2)C1. The molecule has 2 aromatic rings. The summed E-state index contributed by atoms with van der Waals surface area (Å²) in [5, 5.41) is 0. The van der Waals surface area contributed by atoms with Gasteiger partial charge in [0.1, 0.15) is 5.75 Å². The molecule has 0 spiro atoms. The molecule has 4 nitrogen and oxygen atoms in total. The van der Waals surface area contributed by atoms with Crippen LogP contribution in [0.4, 0.5) is 0 Å². The maximum Gasteiger partial charge on any atom is 0.316 e. The number of ether oxygens (including phenoxy) is 1. The van der Waals surface area contributed by atoms with Gasteiger partial charge >= 0.3 is 5.97 Å². The van der Waals surface area contributed by atoms with Crippen LogP contribution < -0.4 is 4.74 Å². The summed E-state index contributed by atoms with van der Waals surface area (Å²) in [6.07, 6.45) is 1.96. The van der Waals surface area contributed by atoms with Crippen LogP contribution in [0.5, 0.6) is 5.75 Å². The number of benzene rings is 2. The zero-order valence-corrected chi connectivity index (χ0v) is 15.4. The molecule has 1 aliphatic rings. The van der Waals surface area contributed by atoms with E-state index < -0.39 is 0 Å². The van der Waals surface area contributed by atoms with E-state index in [0.29, 0.717) is 25.3 Å². The van der Waals surface area contributed by atoms with E-state index in [4.69, 9.17) is 4.74 Å². The molecule has 0 saturated carbocycles. The Kier molecular flexibility index (Phi) is 5.71. The Morgan fingerprint density at radius 2 is 1.73 bits per heavy atom. The summed E-state index contributed by atoms with van der Waals surface area (Å²) in [5.41, 5.74) is 2.90. The average Bonchev–Trinajstić information content (AvgIpc) is 2.65. The van der Waals surface area contributed by atoms with Crippen LogP contribution in [-0.2, 0) is 16.0 Å². The molecule has 26 heavy (non-hydrogen) atoms. The number of nitrogens with zero attached hydrogens (tertiary/aromatic N) is 1. The highest BCUT2D eigenvalue weighted by molar-refractivity contribution is 5.81. The second kappa shape index (κ2) is 8.17. The maximum atomic E-state index is 12.6. The van der Waals surface area contributed by atoms with E-state index in [1.807, 2.05) is 62.4 Å². The van der Waals surface area contributed by atoms with Crippen molar-refractivity contribution in [3.8, 4) is 5.75 Å². The van der Waals surface area contributed by atoms with Gasteiger partial charge in [0.2, 0.25) is 5.91 Å². The fraction of sp³-hybridized carbons (Fsp3) is 0.364. The van der Waals surface area contributed by atoms with Crippen LogP contribution in [0.1, 0.15) is 29.5 Å². The molecule has 3 rings (SSSR count). The van der Waals surface area contributed by atoms with Crippen LogP contribution in [0.15, 0.2) is 48.5 Å².